The molecule has 0 saturated carbocycles. The van der Waals surface area contributed by atoms with Crippen LogP contribution in [0.4, 0.5) is 0 Å². The van der Waals surface area contributed by atoms with Gasteiger partial charge in [0.25, 0.3) is 0 Å². The number of amides is 1. The van der Waals surface area contributed by atoms with Crippen molar-refractivity contribution in [2.75, 3.05) is 12.9 Å². The highest BCUT2D eigenvalue weighted by Crippen LogP contribution is 2.25. The molecule has 1 amide bonds. The van der Waals surface area contributed by atoms with Gasteiger partial charge < -0.3 is 14.6 Å². The normalized spacial score (nSPS) is 11.8. The molecule has 3 aromatic rings. The maximum absolute atomic E-state index is 12.6. The van der Waals surface area contributed by atoms with E-state index in [9.17, 15) is 4.79 Å². The van der Waals surface area contributed by atoms with Crippen LogP contribution in [0.15, 0.2) is 70.3 Å². The number of imidazole rings is 1. The van der Waals surface area contributed by atoms with Crippen LogP contribution in [0.1, 0.15) is 23.9 Å². The maximum Gasteiger partial charge on any atom is 0.221 e. The van der Waals surface area contributed by atoms with Crippen LogP contribution < -0.4 is 10.1 Å². The molecule has 1 heterocycles. The summed E-state index contributed by atoms with van der Waals surface area (Å²) in [7, 11) is 3.55. The third-order valence-electron chi connectivity index (χ3n) is 4.26. The van der Waals surface area contributed by atoms with Gasteiger partial charge in [-0.05, 0) is 42.0 Å². The topological polar surface area (TPSA) is 56.1 Å². The largest absolute Gasteiger partial charge is 0.497 e. The summed E-state index contributed by atoms with van der Waals surface area (Å²) in [5.74, 6) is 2.22. The van der Waals surface area contributed by atoms with Crippen LogP contribution in [-0.2, 0) is 11.8 Å². The minimum atomic E-state index is -0.333. The van der Waals surface area contributed by atoms with E-state index in [-0.39, 0.29) is 11.9 Å². The van der Waals surface area contributed by atoms with Crippen molar-refractivity contribution in [2.24, 2.45) is 7.05 Å². The summed E-state index contributed by atoms with van der Waals surface area (Å²) in [4.78, 5) is 18.2. The number of hydrogen-bond acceptors (Lipinski definition) is 4. The minimum Gasteiger partial charge on any atom is -0.497 e. The second-order valence-electron chi connectivity index (χ2n) is 6.23. The van der Waals surface area contributed by atoms with Gasteiger partial charge in [-0.2, -0.15) is 0 Å². The Morgan fingerprint density at radius 3 is 2.75 bits per heavy atom. The van der Waals surface area contributed by atoms with Gasteiger partial charge in [-0.3, -0.25) is 4.79 Å². The highest BCUT2D eigenvalue weighted by Gasteiger charge is 2.21. The van der Waals surface area contributed by atoms with E-state index in [1.165, 1.54) is 0 Å². The Hall–Kier alpha value is -2.25. The van der Waals surface area contributed by atoms with E-state index < -0.39 is 0 Å². The van der Waals surface area contributed by atoms with Crippen LogP contribution in [0.25, 0.3) is 0 Å². The lowest BCUT2D eigenvalue weighted by molar-refractivity contribution is -0.121. The van der Waals surface area contributed by atoms with Gasteiger partial charge in [-0.15, -0.1) is 11.8 Å². The van der Waals surface area contributed by atoms with Crippen molar-refractivity contribution in [3.8, 4) is 5.75 Å². The molecule has 0 saturated heterocycles. The lowest BCUT2D eigenvalue weighted by atomic mass is 10.1. The number of benzene rings is 2. The highest BCUT2D eigenvalue weighted by atomic mass is 79.9. The van der Waals surface area contributed by atoms with Crippen LogP contribution in [0, 0.1) is 0 Å². The Balaban J connectivity index is 1.67. The van der Waals surface area contributed by atoms with E-state index >= 15 is 0 Å². The van der Waals surface area contributed by atoms with E-state index in [1.54, 1.807) is 25.1 Å². The fourth-order valence-electron chi connectivity index (χ4n) is 2.80. The third kappa shape index (κ3) is 5.39. The number of methoxy groups -OCH3 is 1. The number of halogens is 1. The lowest BCUT2D eigenvalue weighted by Gasteiger charge is -2.19. The summed E-state index contributed by atoms with van der Waals surface area (Å²) >= 11 is 5.10. The van der Waals surface area contributed by atoms with Gasteiger partial charge in [0, 0.05) is 41.0 Å². The second-order valence-corrected chi connectivity index (χ2v) is 8.31. The predicted molar refractivity (Wildman–Crippen MR) is 116 cm³/mol. The van der Waals surface area contributed by atoms with Crippen molar-refractivity contribution in [1.82, 2.24) is 14.9 Å². The molecule has 0 aliphatic carbocycles. The first-order valence-electron chi connectivity index (χ1n) is 8.85. The molecule has 1 N–H and O–H groups in total. The van der Waals surface area contributed by atoms with Crippen LogP contribution in [0.2, 0.25) is 0 Å². The number of carbonyl (C=O) groups is 1. The molecular formula is C21H22BrN3O2S. The van der Waals surface area contributed by atoms with Crippen LogP contribution >= 0.6 is 27.7 Å². The van der Waals surface area contributed by atoms with Gasteiger partial charge in [0.05, 0.1) is 7.11 Å². The SMILES string of the molecule is COc1cccc(C(NC(=O)CCSc2ccc(Br)cc2)c2nccn2C)c1. The Bertz CT molecular complexity index is 927. The number of rotatable bonds is 8. The standard InChI is InChI=1S/C21H22BrN3O2S/c1-25-12-11-23-21(25)20(15-4-3-5-17(14-15)27-2)24-19(26)10-13-28-18-8-6-16(22)7-9-18/h3-9,11-12,14,20H,10,13H2,1-2H3,(H,24,26). The molecule has 0 fully saturated rings. The lowest BCUT2D eigenvalue weighted by Crippen LogP contribution is -2.31. The second kappa shape index (κ2) is 9.80. The first-order valence-corrected chi connectivity index (χ1v) is 10.6. The number of carbonyl (C=O) groups excluding carboxylic acids is 1. The Morgan fingerprint density at radius 2 is 2.07 bits per heavy atom. The van der Waals surface area contributed by atoms with Gasteiger partial charge >= 0.3 is 0 Å². The molecule has 0 aliphatic heterocycles. The summed E-state index contributed by atoms with van der Waals surface area (Å²) in [6, 6.07) is 15.5. The molecule has 146 valence electrons. The number of aromatic nitrogens is 2. The first kappa shape index (κ1) is 20.5. The molecule has 0 radical (unpaired) electrons. The van der Waals surface area contributed by atoms with Crippen LogP contribution in [0.3, 0.4) is 0 Å². The molecule has 0 spiro atoms. The molecular weight excluding hydrogens is 438 g/mol. The van der Waals surface area contributed by atoms with E-state index in [0.29, 0.717) is 12.2 Å². The average molecular weight is 460 g/mol. The van der Waals surface area contributed by atoms with E-state index in [4.69, 9.17) is 4.74 Å². The van der Waals surface area contributed by atoms with Crippen molar-refractivity contribution in [2.45, 2.75) is 17.4 Å². The number of thioether (sulfide) groups is 1. The predicted octanol–water partition coefficient (Wildman–Crippen LogP) is 4.58. The zero-order valence-electron chi connectivity index (χ0n) is 15.8. The highest BCUT2D eigenvalue weighted by molar-refractivity contribution is 9.10. The number of nitrogens with one attached hydrogen (secondary N) is 1. The molecule has 1 unspecified atom stereocenters. The van der Waals surface area contributed by atoms with Crippen molar-refractivity contribution in [1.29, 1.82) is 0 Å². The fourth-order valence-corrected chi connectivity index (χ4v) is 3.91. The summed E-state index contributed by atoms with van der Waals surface area (Å²) in [6.07, 6.45) is 4.03. The minimum absolute atomic E-state index is 0.0135. The summed E-state index contributed by atoms with van der Waals surface area (Å²) in [5, 5.41) is 3.12. The zero-order chi connectivity index (χ0) is 19.9. The van der Waals surface area contributed by atoms with Crippen LogP contribution in [-0.4, -0.2) is 28.3 Å². The van der Waals surface area contributed by atoms with E-state index in [0.717, 1.165) is 26.5 Å². The molecule has 7 heteroatoms. The van der Waals surface area contributed by atoms with E-state index in [2.05, 4.69) is 26.2 Å². The smallest absolute Gasteiger partial charge is 0.221 e. The first-order chi connectivity index (χ1) is 13.6. The molecule has 5 nitrogen and oxygen atoms in total. The Labute approximate surface area is 177 Å². The van der Waals surface area contributed by atoms with Gasteiger partial charge in [0.15, 0.2) is 0 Å². The monoisotopic (exact) mass is 459 g/mol. The Kier molecular flexibility index (Phi) is 7.17. The number of nitrogens with zero attached hydrogens (tertiary/aromatic N) is 2. The van der Waals surface area contributed by atoms with Gasteiger partial charge in [-0.1, -0.05) is 28.1 Å². The van der Waals surface area contributed by atoms with Gasteiger partial charge in [0.1, 0.15) is 17.6 Å². The zero-order valence-corrected chi connectivity index (χ0v) is 18.2. The number of aryl methyl sites for hydroxylation is 1. The van der Waals surface area contributed by atoms with Gasteiger partial charge in [-0.25, -0.2) is 4.98 Å². The molecule has 0 aliphatic rings. The van der Waals surface area contributed by atoms with Crippen molar-refractivity contribution < 1.29 is 9.53 Å². The molecule has 1 atom stereocenters. The summed E-state index contributed by atoms with van der Waals surface area (Å²) < 4.78 is 8.30. The molecule has 1 aromatic heterocycles. The van der Waals surface area contributed by atoms with E-state index in [1.807, 2.05) is 66.3 Å². The third-order valence-corrected chi connectivity index (χ3v) is 5.80. The number of hydrogen-bond donors (Lipinski definition) is 1. The van der Waals surface area contributed by atoms with Crippen molar-refractivity contribution in [3.63, 3.8) is 0 Å². The number of ether oxygens (including phenoxy) is 1. The molecule has 3 rings (SSSR count). The quantitative estimate of drug-likeness (QED) is 0.500. The summed E-state index contributed by atoms with van der Waals surface area (Å²) in [5.41, 5.74) is 0.933. The Morgan fingerprint density at radius 1 is 1.29 bits per heavy atom. The summed E-state index contributed by atoms with van der Waals surface area (Å²) in [6.45, 7) is 0. The van der Waals surface area contributed by atoms with Crippen LogP contribution in [0.5, 0.6) is 5.75 Å². The molecule has 28 heavy (non-hydrogen) atoms. The fraction of sp³-hybridized carbons (Fsp3) is 0.238. The van der Waals surface area contributed by atoms with Crippen molar-refractivity contribution in [3.05, 3.63) is 76.8 Å². The van der Waals surface area contributed by atoms with Crippen molar-refractivity contribution >= 4 is 33.6 Å². The average Bonchev–Trinajstić information content (AvgIpc) is 3.13. The molecule has 2 aromatic carbocycles. The molecule has 0 bridgehead atoms. The van der Waals surface area contributed by atoms with Gasteiger partial charge in [0.2, 0.25) is 5.91 Å². The maximum atomic E-state index is 12.6.